The zero-order valence-corrected chi connectivity index (χ0v) is 19.4. The lowest BCUT2D eigenvalue weighted by Crippen LogP contribution is -2.32. The first-order valence-electron chi connectivity index (χ1n) is 10.4. The Morgan fingerprint density at radius 2 is 1.74 bits per heavy atom. The Morgan fingerprint density at radius 3 is 2.40 bits per heavy atom. The number of aliphatic hydroxyl groups is 1. The predicted octanol–water partition coefficient (Wildman–Crippen LogP) is 4.37. The van der Waals surface area contributed by atoms with Crippen molar-refractivity contribution in [3.05, 3.63) is 87.7 Å². The van der Waals surface area contributed by atoms with Crippen LogP contribution >= 0.6 is 11.8 Å². The molecule has 4 aromatic rings. The number of benzene rings is 2. The van der Waals surface area contributed by atoms with E-state index >= 15 is 0 Å². The average molecular weight is 504 g/mol. The van der Waals surface area contributed by atoms with Gasteiger partial charge in [-0.1, -0.05) is 11.8 Å². The van der Waals surface area contributed by atoms with Crippen LogP contribution in [0.15, 0.2) is 86.5 Å². The van der Waals surface area contributed by atoms with Crippen molar-refractivity contribution in [3.8, 4) is 11.4 Å². The van der Waals surface area contributed by atoms with Gasteiger partial charge in [-0.05, 0) is 62.4 Å². The summed E-state index contributed by atoms with van der Waals surface area (Å²) in [5.74, 6) is -0.362. The van der Waals surface area contributed by atoms with Gasteiger partial charge in [-0.25, -0.2) is 4.98 Å². The molecule has 11 heteroatoms. The van der Waals surface area contributed by atoms with Crippen molar-refractivity contribution in [2.24, 2.45) is 0 Å². The largest absolute Gasteiger partial charge is 0.573 e. The molecule has 35 heavy (non-hydrogen) atoms. The van der Waals surface area contributed by atoms with Crippen LogP contribution in [-0.4, -0.2) is 31.2 Å². The van der Waals surface area contributed by atoms with Crippen LogP contribution < -0.4 is 15.9 Å². The van der Waals surface area contributed by atoms with Crippen LogP contribution in [0.5, 0.6) is 5.75 Å². The molecule has 4 rings (SSSR count). The normalized spacial score (nSPS) is 12.2. The second-order valence-corrected chi connectivity index (χ2v) is 9.40. The lowest BCUT2D eigenvalue weighted by Gasteiger charge is -2.20. The highest BCUT2D eigenvalue weighted by molar-refractivity contribution is 7.99. The number of hydrogen-bond acceptors (Lipinski definition) is 6. The first kappa shape index (κ1) is 24.6. The molecule has 0 unspecified atom stereocenters. The summed E-state index contributed by atoms with van der Waals surface area (Å²) in [6.07, 6.45) is -1.84. The summed E-state index contributed by atoms with van der Waals surface area (Å²) >= 11 is 1.01. The Labute approximate surface area is 201 Å². The quantitative estimate of drug-likeness (QED) is 0.421. The van der Waals surface area contributed by atoms with E-state index in [0.29, 0.717) is 21.5 Å². The molecule has 0 aliphatic carbocycles. The van der Waals surface area contributed by atoms with Crippen LogP contribution in [0, 0.1) is 0 Å². The first-order valence-corrected chi connectivity index (χ1v) is 11.2. The summed E-state index contributed by atoms with van der Waals surface area (Å²) in [7, 11) is 0. The molecule has 0 radical (unpaired) electrons. The molecule has 0 atom stereocenters. The highest BCUT2D eigenvalue weighted by atomic mass is 32.2. The maximum Gasteiger partial charge on any atom is 0.573 e. The molecule has 2 aromatic carbocycles. The van der Waals surface area contributed by atoms with E-state index in [4.69, 9.17) is 0 Å². The Balaban J connectivity index is 1.65. The second kappa shape index (κ2) is 9.23. The smallest absolute Gasteiger partial charge is 0.406 e. The minimum atomic E-state index is -4.79. The summed E-state index contributed by atoms with van der Waals surface area (Å²) in [4.78, 5) is 30.1. The SMILES string of the molecule is CC(C)(O)Cn1c(=O)ccc2cc(-n3ccnc(Sc4ccc(OC(F)(F)F)cc4)c3=O)ccc21. The summed E-state index contributed by atoms with van der Waals surface area (Å²) in [5, 5.41) is 11.0. The minimum absolute atomic E-state index is 0.102. The molecule has 7 nitrogen and oxygen atoms in total. The maximum atomic E-state index is 13.1. The standard InChI is InChI=1S/C24H20F3N3O4S/c1-23(2,33)14-30-19-9-4-16(13-15(19)3-10-20(30)31)29-12-11-28-21(22(29)32)35-18-7-5-17(6-8-18)34-24(25,26)27/h3-13,33H,14H2,1-2H3. The number of nitrogens with zero attached hydrogens (tertiary/aromatic N) is 3. The molecule has 2 heterocycles. The Morgan fingerprint density at radius 1 is 1.03 bits per heavy atom. The molecule has 1 N–H and O–H groups in total. The number of rotatable bonds is 6. The predicted molar refractivity (Wildman–Crippen MR) is 125 cm³/mol. The third-order valence-corrected chi connectivity index (χ3v) is 5.86. The molecule has 0 aliphatic rings. The Bertz CT molecular complexity index is 1490. The molecule has 0 aliphatic heterocycles. The lowest BCUT2D eigenvalue weighted by molar-refractivity contribution is -0.274. The van der Waals surface area contributed by atoms with Crippen LogP contribution in [0.2, 0.25) is 0 Å². The van der Waals surface area contributed by atoms with Gasteiger partial charge in [-0.2, -0.15) is 0 Å². The number of hydrogen-bond donors (Lipinski definition) is 1. The Hall–Kier alpha value is -3.57. The second-order valence-electron chi connectivity index (χ2n) is 8.34. The monoisotopic (exact) mass is 503 g/mol. The van der Waals surface area contributed by atoms with E-state index in [-0.39, 0.29) is 22.9 Å². The van der Waals surface area contributed by atoms with Crippen LogP contribution in [0.4, 0.5) is 13.2 Å². The van der Waals surface area contributed by atoms with Crippen molar-refractivity contribution in [2.45, 2.75) is 42.3 Å². The summed E-state index contributed by atoms with van der Waals surface area (Å²) in [6, 6.07) is 13.3. The van der Waals surface area contributed by atoms with Crippen molar-refractivity contribution in [1.29, 1.82) is 0 Å². The highest BCUT2D eigenvalue weighted by Gasteiger charge is 2.31. The summed E-state index contributed by atoms with van der Waals surface area (Å²) < 4.78 is 43.8. The molecule has 0 fully saturated rings. The number of aromatic nitrogens is 3. The zero-order chi connectivity index (χ0) is 25.4. The van der Waals surface area contributed by atoms with E-state index in [2.05, 4.69) is 9.72 Å². The average Bonchev–Trinajstić information content (AvgIpc) is 2.76. The molecule has 0 saturated carbocycles. The molecule has 0 bridgehead atoms. The topological polar surface area (TPSA) is 86.3 Å². The number of ether oxygens (including phenoxy) is 1. The van der Waals surface area contributed by atoms with E-state index in [1.165, 1.54) is 39.7 Å². The minimum Gasteiger partial charge on any atom is -0.406 e. The van der Waals surface area contributed by atoms with Gasteiger partial charge in [-0.3, -0.25) is 14.2 Å². The fraction of sp³-hybridized carbons (Fsp3) is 0.208. The molecule has 0 amide bonds. The summed E-state index contributed by atoms with van der Waals surface area (Å²) in [6.45, 7) is 3.32. The van der Waals surface area contributed by atoms with E-state index < -0.39 is 17.5 Å². The van der Waals surface area contributed by atoms with E-state index in [9.17, 15) is 27.9 Å². The molecule has 0 spiro atoms. The number of fused-ring (bicyclic) bond motifs is 1. The van der Waals surface area contributed by atoms with Gasteiger partial charge in [0.25, 0.3) is 11.1 Å². The number of pyridine rings is 1. The van der Waals surface area contributed by atoms with Gasteiger partial charge < -0.3 is 14.4 Å². The van der Waals surface area contributed by atoms with Crippen LogP contribution in [0.3, 0.4) is 0 Å². The van der Waals surface area contributed by atoms with Gasteiger partial charge in [0.05, 0.1) is 17.7 Å². The van der Waals surface area contributed by atoms with E-state index in [0.717, 1.165) is 23.9 Å². The molecular weight excluding hydrogens is 483 g/mol. The first-order chi connectivity index (χ1) is 16.4. The van der Waals surface area contributed by atoms with Crippen molar-refractivity contribution in [3.63, 3.8) is 0 Å². The van der Waals surface area contributed by atoms with Crippen molar-refractivity contribution in [1.82, 2.24) is 14.1 Å². The van der Waals surface area contributed by atoms with Gasteiger partial charge >= 0.3 is 6.36 Å². The fourth-order valence-corrected chi connectivity index (χ4v) is 4.27. The molecule has 0 saturated heterocycles. The third-order valence-electron chi connectivity index (χ3n) is 4.88. The van der Waals surface area contributed by atoms with Gasteiger partial charge in [0.2, 0.25) is 0 Å². The van der Waals surface area contributed by atoms with E-state index in [1.807, 2.05) is 0 Å². The van der Waals surface area contributed by atoms with Crippen LogP contribution in [-0.2, 0) is 6.54 Å². The van der Waals surface area contributed by atoms with Crippen LogP contribution in [0.25, 0.3) is 16.6 Å². The van der Waals surface area contributed by atoms with Gasteiger partial charge in [0.1, 0.15) is 5.75 Å². The van der Waals surface area contributed by atoms with E-state index in [1.54, 1.807) is 38.1 Å². The molecule has 182 valence electrons. The molecule has 2 aromatic heterocycles. The number of alkyl halides is 3. The number of halogens is 3. The van der Waals surface area contributed by atoms with Crippen molar-refractivity contribution in [2.75, 3.05) is 0 Å². The third kappa shape index (κ3) is 5.92. The fourth-order valence-electron chi connectivity index (χ4n) is 3.48. The zero-order valence-electron chi connectivity index (χ0n) is 18.6. The molecular formula is C24H20F3N3O4S. The highest BCUT2D eigenvalue weighted by Crippen LogP contribution is 2.28. The van der Waals surface area contributed by atoms with Crippen LogP contribution in [0.1, 0.15) is 13.8 Å². The summed E-state index contributed by atoms with van der Waals surface area (Å²) in [5.41, 5.74) is -0.617. The van der Waals surface area contributed by atoms with Gasteiger partial charge in [0, 0.05) is 34.4 Å². The maximum absolute atomic E-state index is 13.1. The van der Waals surface area contributed by atoms with Crippen molar-refractivity contribution >= 4 is 22.7 Å². The Kier molecular flexibility index (Phi) is 6.48. The van der Waals surface area contributed by atoms with Gasteiger partial charge in [0.15, 0.2) is 5.03 Å². The van der Waals surface area contributed by atoms with Crippen molar-refractivity contribution < 1.29 is 23.0 Å². The van der Waals surface area contributed by atoms with Gasteiger partial charge in [-0.15, -0.1) is 13.2 Å². The lowest BCUT2D eigenvalue weighted by atomic mass is 10.1.